The van der Waals surface area contributed by atoms with Gasteiger partial charge in [-0.15, -0.1) is 0 Å². The molecule has 0 radical (unpaired) electrons. The van der Waals surface area contributed by atoms with Gasteiger partial charge in [-0.25, -0.2) is 4.98 Å². The van der Waals surface area contributed by atoms with E-state index in [1.807, 2.05) is 18.5 Å². The lowest BCUT2D eigenvalue weighted by Gasteiger charge is -2.08. The highest BCUT2D eigenvalue weighted by molar-refractivity contribution is 5.48. The van der Waals surface area contributed by atoms with E-state index in [9.17, 15) is 0 Å². The van der Waals surface area contributed by atoms with Gasteiger partial charge in [-0.3, -0.25) is 0 Å². The number of imidazole rings is 1. The molecule has 0 spiro atoms. The topological polar surface area (TPSA) is 43.3 Å². The largest absolute Gasteiger partial charge is 0.323 e. The summed E-state index contributed by atoms with van der Waals surface area (Å²) in [6.45, 7) is 4.14. The summed E-state index contributed by atoms with van der Waals surface area (Å²) in [5.74, 6) is 0. The van der Waals surface area contributed by atoms with Crippen molar-refractivity contribution in [3.05, 3.63) is 35.8 Å². The van der Waals surface area contributed by atoms with Crippen LogP contribution < -0.4 is 5.73 Å². The number of hydrogen-bond acceptors (Lipinski definition) is 2. The lowest BCUT2D eigenvalue weighted by atomic mass is 10.2. The summed E-state index contributed by atoms with van der Waals surface area (Å²) in [6.07, 6.45) is 4.82. The van der Waals surface area contributed by atoms with Crippen LogP contribution in [0.4, 0.5) is 0 Å². The van der Waals surface area contributed by atoms with Gasteiger partial charge in [0.25, 0.3) is 0 Å². The highest BCUT2D eigenvalue weighted by Crippen LogP contribution is 2.17. The first kappa shape index (κ1) is 9.21. The van der Waals surface area contributed by atoms with Crippen LogP contribution in [0.1, 0.15) is 30.6 Å². The molecule has 14 heavy (non-hydrogen) atoms. The zero-order valence-electron chi connectivity index (χ0n) is 8.57. The minimum absolute atomic E-state index is 0.0757. The second-order valence-electron chi connectivity index (χ2n) is 3.58. The Kier molecular flexibility index (Phi) is 2.25. The fourth-order valence-corrected chi connectivity index (χ4v) is 1.65. The van der Waals surface area contributed by atoms with Crippen LogP contribution in [0, 0.1) is 6.92 Å². The molecule has 0 aliphatic rings. The Morgan fingerprint density at radius 2 is 2.36 bits per heavy atom. The average molecular weight is 189 g/mol. The lowest BCUT2D eigenvalue weighted by molar-refractivity contribution is 0.669. The van der Waals surface area contributed by atoms with Gasteiger partial charge in [0.2, 0.25) is 0 Å². The Hall–Kier alpha value is -1.35. The fourth-order valence-electron chi connectivity index (χ4n) is 1.65. The highest BCUT2D eigenvalue weighted by atomic mass is 15.0. The van der Waals surface area contributed by atoms with Crippen LogP contribution in [-0.2, 0) is 0 Å². The van der Waals surface area contributed by atoms with Crippen molar-refractivity contribution in [1.29, 1.82) is 0 Å². The van der Waals surface area contributed by atoms with E-state index in [0.717, 1.165) is 17.8 Å². The molecule has 0 amide bonds. The second kappa shape index (κ2) is 3.42. The Balaban J connectivity index is 2.63. The molecular formula is C11H15N3. The van der Waals surface area contributed by atoms with Crippen molar-refractivity contribution in [3.63, 3.8) is 0 Å². The molecule has 3 nitrogen and oxygen atoms in total. The summed E-state index contributed by atoms with van der Waals surface area (Å²) in [5, 5.41) is 0. The van der Waals surface area contributed by atoms with E-state index in [2.05, 4.69) is 29.3 Å². The monoisotopic (exact) mass is 189 g/mol. The van der Waals surface area contributed by atoms with E-state index in [1.165, 1.54) is 5.56 Å². The number of aromatic nitrogens is 2. The van der Waals surface area contributed by atoms with Gasteiger partial charge in [-0.2, -0.15) is 0 Å². The molecular weight excluding hydrogens is 174 g/mol. The standard InChI is InChI=1S/C11H15N3/c1-3-9(12)10-7-13-11-8(2)5-4-6-14(10)11/h4-7,9H,3,12H2,1-2H3/t9-/m0/s1. The van der Waals surface area contributed by atoms with Gasteiger partial charge in [-0.05, 0) is 25.0 Å². The van der Waals surface area contributed by atoms with E-state index in [1.54, 1.807) is 0 Å². The Labute approximate surface area is 83.6 Å². The first-order valence-corrected chi connectivity index (χ1v) is 4.92. The van der Waals surface area contributed by atoms with Gasteiger partial charge in [0.05, 0.1) is 11.9 Å². The zero-order valence-corrected chi connectivity index (χ0v) is 8.57. The summed E-state index contributed by atoms with van der Waals surface area (Å²) in [7, 11) is 0. The first-order valence-electron chi connectivity index (χ1n) is 4.92. The average Bonchev–Trinajstić information content (AvgIpc) is 2.62. The maximum absolute atomic E-state index is 5.99. The number of aryl methyl sites for hydroxylation is 1. The molecule has 2 aromatic rings. The number of fused-ring (bicyclic) bond motifs is 1. The molecule has 2 rings (SSSR count). The van der Waals surface area contributed by atoms with Gasteiger partial charge >= 0.3 is 0 Å². The Morgan fingerprint density at radius 3 is 3.07 bits per heavy atom. The predicted octanol–water partition coefficient (Wildman–Crippen LogP) is 2.05. The zero-order chi connectivity index (χ0) is 10.1. The molecule has 0 saturated heterocycles. The van der Waals surface area contributed by atoms with Crippen LogP contribution in [0.3, 0.4) is 0 Å². The van der Waals surface area contributed by atoms with E-state index in [4.69, 9.17) is 5.73 Å². The molecule has 1 atom stereocenters. The van der Waals surface area contributed by atoms with Crippen LogP contribution in [-0.4, -0.2) is 9.38 Å². The first-order chi connectivity index (χ1) is 6.74. The van der Waals surface area contributed by atoms with Crippen LogP contribution in [0.15, 0.2) is 24.5 Å². The minimum atomic E-state index is 0.0757. The molecule has 0 aliphatic heterocycles. The van der Waals surface area contributed by atoms with E-state index >= 15 is 0 Å². The van der Waals surface area contributed by atoms with Crippen molar-refractivity contribution in [2.24, 2.45) is 5.73 Å². The number of hydrogen-bond donors (Lipinski definition) is 1. The predicted molar refractivity (Wildman–Crippen MR) is 57.1 cm³/mol. The van der Waals surface area contributed by atoms with Crippen molar-refractivity contribution in [3.8, 4) is 0 Å². The summed E-state index contributed by atoms with van der Waals surface area (Å²) >= 11 is 0. The molecule has 2 N–H and O–H groups in total. The van der Waals surface area contributed by atoms with Gasteiger partial charge < -0.3 is 10.1 Å². The molecule has 0 fully saturated rings. The van der Waals surface area contributed by atoms with Crippen LogP contribution in [0.25, 0.3) is 5.65 Å². The summed E-state index contributed by atoms with van der Waals surface area (Å²) < 4.78 is 2.07. The van der Waals surface area contributed by atoms with Crippen LogP contribution >= 0.6 is 0 Å². The number of nitrogens with two attached hydrogens (primary N) is 1. The fraction of sp³-hybridized carbons (Fsp3) is 0.364. The van der Waals surface area contributed by atoms with Crippen molar-refractivity contribution in [2.75, 3.05) is 0 Å². The number of nitrogens with zero attached hydrogens (tertiary/aromatic N) is 2. The molecule has 0 unspecified atom stereocenters. The van der Waals surface area contributed by atoms with E-state index < -0.39 is 0 Å². The van der Waals surface area contributed by atoms with E-state index in [0.29, 0.717) is 0 Å². The van der Waals surface area contributed by atoms with Crippen molar-refractivity contribution in [2.45, 2.75) is 26.3 Å². The molecule has 2 aromatic heterocycles. The molecule has 0 bridgehead atoms. The van der Waals surface area contributed by atoms with E-state index in [-0.39, 0.29) is 6.04 Å². The summed E-state index contributed by atoms with van der Waals surface area (Å²) in [6, 6.07) is 4.16. The lowest BCUT2D eigenvalue weighted by Crippen LogP contribution is -2.11. The third-order valence-electron chi connectivity index (χ3n) is 2.58. The Morgan fingerprint density at radius 1 is 1.57 bits per heavy atom. The van der Waals surface area contributed by atoms with Crippen LogP contribution in [0.5, 0.6) is 0 Å². The van der Waals surface area contributed by atoms with Crippen LogP contribution in [0.2, 0.25) is 0 Å². The van der Waals surface area contributed by atoms with Gasteiger partial charge in [-0.1, -0.05) is 13.0 Å². The smallest absolute Gasteiger partial charge is 0.139 e. The van der Waals surface area contributed by atoms with Gasteiger partial charge in [0.15, 0.2) is 0 Å². The third kappa shape index (κ3) is 1.30. The normalized spacial score (nSPS) is 13.4. The summed E-state index contributed by atoms with van der Waals surface area (Å²) in [4.78, 5) is 4.37. The van der Waals surface area contributed by atoms with Crippen molar-refractivity contribution >= 4 is 5.65 Å². The molecule has 2 heterocycles. The van der Waals surface area contributed by atoms with Gasteiger partial charge in [0.1, 0.15) is 5.65 Å². The quantitative estimate of drug-likeness (QED) is 0.785. The Bertz CT molecular complexity index is 445. The van der Waals surface area contributed by atoms with Gasteiger partial charge in [0, 0.05) is 12.2 Å². The second-order valence-corrected chi connectivity index (χ2v) is 3.58. The number of rotatable bonds is 2. The van der Waals surface area contributed by atoms with Crippen molar-refractivity contribution in [1.82, 2.24) is 9.38 Å². The van der Waals surface area contributed by atoms with Crippen molar-refractivity contribution < 1.29 is 0 Å². The molecule has 74 valence electrons. The molecule has 0 aromatic carbocycles. The third-order valence-corrected chi connectivity index (χ3v) is 2.58. The summed E-state index contributed by atoms with van der Waals surface area (Å²) in [5.41, 5.74) is 9.27. The molecule has 3 heteroatoms. The maximum Gasteiger partial charge on any atom is 0.139 e. The SMILES string of the molecule is CC[C@H](N)c1cnc2c(C)cccn12. The highest BCUT2D eigenvalue weighted by Gasteiger charge is 2.09. The number of pyridine rings is 1. The molecule has 0 aliphatic carbocycles. The minimum Gasteiger partial charge on any atom is -0.323 e. The maximum atomic E-state index is 5.99. The molecule has 0 saturated carbocycles.